The van der Waals surface area contributed by atoms with Crippen molar-refractivity contribution in [2.24, 2.45) is 0 Å². The summed E-state index contributed by atoms with van der Waals surface area (Å²) in [5.41, 5.74) is 0. The molecule has 0 aromatic carbocycles. The number of nitrogens with zero attached hydrogens (tertiary/aromatic N) is 1. The maximum Gasteiger partial charge on any atom is 0.235 e. The van der Waals surface area contributed by atoms with E-state index in [0.717, 1.165) is 10.7 Å². The molecule has 0 aromatic heterocycles. The quantitative estimate of drug-likeness (QED) is 0.666. The van der Waals surface area contributed by atoms with Gasteiger partial charge in [0.15, 0.2) is 0 Å². The van der Waals surface area contributed by atoms with Gasteiger partial charge in [-0.25, -0.2) is 8.42 Å². The number of hydrogen-bond donors (Lipinski definition) is 1. The number of likely N-dealkylation sites (N-methyl/N-ethyl adjacent to an activating group) is 1. The third-order valence-corrected chi connectivity index (χ3v) is 3.73. The molecule has 0 fully saturated rings. The first kappa shape index (κ1) is 13.7. The number of sulfonamides is 1. The van der Waals surface area contributed by atoms with Gasteiger partial charge in [0, 0.05) is 13.6 Å². The fourth-order valence-electron chi connectivity index (χ4n) is 0.704. The van der Waals surface area contributed by atoms with Crippen LogP contribution in [0.1, 0.15) is 13.3 Å². The summed E-state index contributed by atoms with van der Waals surface area (Å²) in [7, 11) is -2.16. The van der Waals surface area contributed by atoms with Gasteiger partial charge in [0.05, 0.1) is 6.54 Å². The Balaban J connectivity index is 4.06. The molecule has 0 heterocycles. The van der Waals surface area contributed by atoms with Crippen LogP contribution >= 0.6 is 11.6 Å². The van der Waals surface area contributed by atoms with Gasteiger partial charge in [-0.2, -0.15) is 4.31 Å². The van der Waals surface area contributed by atoms with Crippen molar-refractivity contribution in [3.05, 3.63) is 0 Å². The molecule has 0 aromatic rings. The highest BCUT2D eigenvalue weighted by Crippen LogP contribution is 1.99. The molecule has 5 nitrogen and oxygen atoms in total. The van der Waals surface area contributed by atoms with Crippen molar-refractivity contribution in [3.63, 3.8) is 0 Å². The van der Waals surface area contributed by atoms with Crippen molar-refractivity contribution in [1.82, 2.24) is 9.62 Å². The zero-order valence-electron chi connectivity index (χ0n) is 8.29. The third-order valence-electron chi connectivity index (χ3n) is 1.55. The third kappa shape index (κ3) is 4.78. The Morgan fingerprint density at radius 2 is 2.07 bits per heavy atom. The number of amides is 1. The lowest BCUT2D eigenvalue weighted by molar-refractivity contribution is -0.121. The molecule has 0 aliphatic heterocycles. The maximum absolute atomic E-state index is 11.1. The highest BCUT2D eigenvalue weighted by Gasteiger charge is 2.18. The minimum atomic E-state index is -3.48. The van der Waals surface area contributed by atoms with Gasteiger partial charge in [-0.1, -0.05) is 6.92 Å². The normalized spacial score (nSPS) is 11.7. The van der Waals surface area contributed by atoms with E-state index in [9.17, 15) is 13.2 Å². The number of halogens is 1. The van der Waals surface area contributed by atoms with E-state index in [-0.39, 0.29) is 12.5 Å². The standard InChI is InChI=1S/C7H15ClN2O3S/c1-3-4-9-7(11)5-10(2)14(12,13)6-8/h3-6H2,1-2H3,(H,9,11). The molecule has 14 heavy (non-hydrogen) atoms. The van der Waals surface area contributed by atoms with Gasteiger partial charge in [-0.15, -0.1) is 11.6 Å². The predicted octanol–water partition coefficient (Wildman–Crippen LogP) is -0.0295. The summed E-state index contributed by atoms with van der Waals surface area (Å²) < 4.78 is 23.2. The number of alkyl halides is 1. The molecule has 84 valence electrons. The summed E-state index contributed by atoms with van der Waals surface area (Å²) in [6.07, 6.45) is 0.817. The Labute approximate surface area is 89.5 Å². The van der Waals surface area contributed by atoms with E-state index in [4.69, 9.17) is 11.6 Å². The predicted molar refractivity (Wildman–Crippen MR) is 55.6 cm³/mol. The smallest absolute Gasteiger partial charge is 0.235 e. The molecule has 0 rings (SSSR count). The van der Waals surface area contributed by atoms with Crippen molar-refractivity contribution in [2.75, 3.05) is 25.3 Å². The van der Waals surface area contributed by atoms with Gasteiger partial charge in [0.25, 0.3) is 0 Å². The van der Waals surface area contributed by atoms with E-state index in [1.165, 1.54) is 7.05 Å². The van der Waals surface area contributed by atoms with Gasteiger partial charge < -0.3 is 5.32 Å². The van der Waals surface area contributed by atoms with Crippen LogP contribution in [0.3, 0.4) is 0 Å². The molecule has 0 bridgehead atoms. The monoisotopic (exact) mass is 242 g/mol. The van der Waals surface area contributed by atoms with Crippen molar-refractivity contribution < 1.29 is 13.2 Å². The number of carbonyl (C=O) groups is 1. The molecule has 0 saturated heterocycles. The molecule has 0 radical (unpaired) electrons. The molecular formula is C7H15ClN2O3S. The number of carbonyl (C=O) groups excluding carboxylic acids is 1. The first-order chi connectivity index (χ1) is 6.44. The second kappa shape index (κ2) is 6.21. The largest absolute Gasteiger partial charge is 0.355 e. The van der Waals surface area contributed by atoms with Crippen LogP contribution in [0.4, 0.5) is 0 Å². The topological polar surface area (TPSA) is 66.5 Å². The first-order valence-corrected chi connectivity index (χ1v) is 6.35. The summed E-state index contributed by atoms with van der Waals surface area (Å²) >= 11 is 5.21. The van der Waals surface area contributed by atoms with Crippen LogP contribution in [0.5, 0.6) is 0 Å². The van der Waals surface area contributed by atoms with Crippen LogP contribution < -0.4 is 5.32 Å². The summed E-state index contributed by atoms with van der Waals surface area (Å²) in [5.74, 6) is -0.317. The average molecular weight is 243 g/mol. The molecular weight excluding hydrogens is 228 g/mol. The Hall–Kier alpha value is -0.330. The summed E-state index contributed by atoms with van der Waals surface area (Å²) in [4.78, 5) is 11.1. The Morgan fingerprint density at radius 3 is 2.50 bits per heavy atom. The van der Waals surface area contributed by atoms with E-state index in [1.807, 2.05) is 6.92 Å². The van der Waals surface area contributed by atoms with Gasteiger partial charge in [-0.05, 0) is 6.42 Å². The van der Waals surface area contributed by atoms with Crippen LogP contribution in [-0.4, -0.2) is 44.0 Å². The molecule has 1 amide bonds. The van der Waals surface area contributed by atoms with Crippen LogP contribution in [0.25, 0.3) is 0 Å². The molecule has 0 aliphatic rings. The lowest BCUT2D eigenvalue weighted by Crippen LogP contribution is -2.38. The van der Waals surface area contributed by atoms with E-state index >= 15 is 0 Å². The van der Waals surface area contributed by atoms with Crippen molar-refractivity contribution >= 4 is 27.5 Å². The Morgan fingerprint density at radius 1 is 1.50 bits per heavy atom. The van der Waals surface area contributed by atoms with Crippen molar-refractivity contribution in [2.45, 2.75) is 13.3 Å². The zero-order chi connectivity index (χ0) is 11.2. The maximum atomic E-state index is 11.1. The lowest BCUT2D eigenvalue weighted by atomic mass is 10.4. The van der Waals surface area contributed by atoms with E-state index in [1.54, 1.807) is 0 Å². The number of rotatable bonds is 6. The van der Waals surface area contributed by atoms with Crippen LogP contribution in [-0.2, 0) is 14.8 Å². The van der Waals surface area contributed by atoms with Gasteiger partial charge in [0.2, 0.25) is 15.9 Å². The molecule has 7 heteroatoms. The minimum absolute atomic E-state index is 0.185. The second-order valence-corrected chi connectivity index (χ2v) is 5.49. The first-order valence-electron chi connectivity index (χ1n) is 4.20. The molecule has 0 aliphatic carbocycles. The summed E-state index contributed by atoms with van der Waals surface area (Å²) in [6, 6.07) is 0. The SMILES string of the molecule is CCCNC(=O)CN(C)S(=O)(=O)CCl. The molecule has 0 saturated carbocycles. The van der Waals surface area contributed by atoms with Crippen LogP contribution in [0, 0.1) is 0 Å². The van der Waals surface area contributed by atoms with Gasteiger partial charge >= 0.3 is 0 Å². The van der Waals surface area contributed by atoms with Crippen LogP contribution in [0.15, 0.2) is 0 Å². The zero-order valence-corrected chi connectivity index (χ0v) is 9.86. The molecule has 1 N–H and O–H groups in total. The molecule has 0 unspecified atom stereocenters. The molecule has 0 spiro atoms. The van der Waals surface area contributed by atoms with Crippen molar-refractivity contribution in [1.29, 1.82) is 0 Å². The highest BCUT2D eigenvalue weighted by molar-refractivity contribution is 7.90. The number of hydrogen-bond acceptors (Lipinski definition) is 3. The van der Waals surface area contributed by atoms with Gasteiger partial charge in [0.1, 0.15) is 5.21 Å². The van der Waals surface area contributed by atoms with Crippen LogP contribution in [0.2, 0.25) is 0 Å². The van der Waals surface area contributed by atoms with E-state index < -0.39 is 15.2 Å². The van der Waals surface area contributed by atoms with Gasteiger partial charge in [-0.3, -0.25) is 4.79 Å². The summed E-state index contributed by atoms with van der Waals surface area (Å²) in [5, 5.41) is 2.06. The Kier molecular flexibility index (Phi) is 6.06. The fourth-order valence-corrected chi connectivity index (χ4v) is 1.68. The summed E-state index contributed by atoms with van der Waals surface area (Å²) in [6.45, 7) is 2.28. The minimum Gasteiger partial charge on any atom is -0.355 e. The second-order valence-electron chi connectivity index (χ2n) is 2.83. The fraction of sp³-hybridized carbons (Fsp3) is 0.857. The average Bonchev–Trinajstić information content (AvgIpc) is 2.14. The number of nitrogens with one attached hydrogen (secondary N) is 1. The van der Waals surface area contributed by atoms with E-state index in [2.05, 4.69) is 5.32 Å². The van der Waals surface area contributed by atoms with E-state index in [0.29, 0.717) is 6.54 Å². The highest BCUT2D eigenvalue weighted by atomic mass is 35.5. The molecule has 0 atom stereocenters. The van der Waals surface area contributed by atoms with Crippen molar-refractivity contribution in [3.8, 4) is 0 Å². The Bertz CT molecular complexity index is 279. The lowest BCUT2D eigenvalue weighted by Gasteiger charge is -2.14.